The number of aryl methyl sites for hydroxylation is 1. The van der Waals surface area contributed by atoms with E-state index in [0.717, 1.165) is 36.9 Å². The molecule has 0 radical (unpaired) electrons. The van der Waals surface area contributed by atoms with Crippen LogP contribution in [0.1, 0.15) is 37.8 Å². The summed E-state index contributed by atoms with van der Waals surface area (Å²) in [6.07, 6.45) is 7.02. The molecule has 1 aliphatic rings. The van der Waals surface area contributed by atoms with Crippen molar-refractivity contribution in [3.8, 4) is 23.0 Å². The van der Waals surface area contributed by atoms with E-state index in [-0.39, 0.29) is 11.3 Å². The summed E-state index contributed by atoms with van der Waals surface area (Å²) in [6.45, 7) is 2.31. The fourth-order valence-corrected chi connectivity index (χ4v) is 4.60. The van der Waals surface area contributed by atoms with Gasteiger partial charge < -0.3 is 24.9 Å². The van der Waals surface area contributed by atoms with Crippen LogP contribution in [0.3, 0.4) is 0 Å². The second-order valence-corrected chi connectivity index (χ2v) is 8.93. The van der Waals surface area contributed by atoms with Gasteiger partial charge in [-0.15, -0.1) is 0 Å². The van der Waals surface area contributed by atoms with Gasteiger partial charge in [-0.3, -0.25) is 4.98 Å². The summed E-state index contributed by atoms with van der Waals surface area (Å²) in [5.74, 6) is 1.36. The van der Waals surface area contributed by atoms with Crippen molar-refractivity contribution in [2.75, 3.05) is 13.7 Å². The average Bonchev–Trinajstić information content (AvgIpc) is 3.21. The second-order valence-electron chi connectivity index (χ2n) is 8.93. The number of aromatic amines is 1. The van der Waals surface area contributed by atoms with E-state index in [0.29, 0.717) is 40.1 Å². The predicted octanol–water partition coefficient (Wildman–Crippen LogP) is 6.00. The normalized spacial score (nSPS) is 15.6. The molecule has 6 nitrogen and oxygen atoms in total. The molecule has 0 aliphatic heterocycles. The van der Waals surface area contributed by atoms with Crippen LogP contribution >= 0.6 is 0 Å². The number of hydrogen-bond donors (Lipinski definition) is 2. The molecular formula is C26H28FN3O3. The molecule has 7 heteroatoms. The number of aromatic nitrogens is 2. The van der Waals surface area contributed by atoms with Crippen LogP contribution in [-0.2, 0) is 0 Å². The first kappa shape index (κ1) is 21.5. The number of hydrogen-bond acceptors (Lipinski definition) is 5. The van der Waals surface area contributed by atoms with E-state index in [2.05, 4.69) is 9.97 Å². The topological polar surface area (TPSA) is 82.4 Å². The zero-order valence-corrected chi connectivity index (χ0v) is 18.9. The molecular weight excluding hydrogens is 421 g/mol. The van der Waals surface area contributed by atoms with Crippen molar-refractivity contribution in [2.45, 2.75) is 44.6 Å². The lowest BCUT2D eigenvalue weighted by Gasteiger charge is -2.33. The van der Waals surface area contributed by atoms with Crippen LogP contribution in [0.4, 0.5) is 4.39 Å². The third-order valence-electron chi connectivity index (χ3n) is 6.41. The second kappa shape index (κ2) is 8.56. The Labute approximate surface area is 191 Å². The highest BCUT2D eigenvalue weighted by Gasteiger charge is 2.29. The van der Waals surface area contributed by atoms with Gasteiger partial charge in [-0.2, -0.15) is 0 Å². The minimum atomic E-state index is -0.408. The van der Waals surface area contributed by atoms with E-state index in [4.69, 9.17) is 19.9 Å². The Morgan fingerprint density at radius 1 is 1.00 bits per heavy atom. The molecule has 2 heterocycles. The summed E-state index contributed by atoms with van der Waals surface area (Å²) >= 11 is 0. The smallest absolute Gasteiger partial charge is 0.175 e. The van der Waals surface area contributed by atoms with Gasteiger partial charge in [0.05, 0.1) is 18.2 Å². The summed E-state index contributed by atoms with van der Waals surface area (Å²) in [7, 11) is 1.59. The van der Waals surface area contributed by atoms with Gasteiger partial charge >= 0.3 is 0 Å². The fraction of sp³-hybridized carbons (Fsp3) is 0.346. The van der Waals surface area contributed by atoms with Crippen molar-refractivity contribution in [3.63, 3.8) is 0 Å². The number of nitrogens with zero attached hydrogens (tertiary/aromatic N) is 1. The highest BCUT2D eigenvalue weighted by Crippen LogP contribution is 2.39. The summed E-state index contributed by atoms with van der Waals surface area (Å²) in [4.78, 5) is 7.60. The van der Waals surface area contributed by atoms with Crippen molar-refractivity contribution in [1.82, 2.24) is 9.97 Å². The number of ether oxygens (including phenoxy) is 3. The molecule has 2 aromatic heterocycles. The van der Waals surface area contributed by atoms with E-state index in [1.807, 2.05) is 25.1 Å². The zero-order chi connectivity index (χ0) is 23.0. The lowest BCUT2D eigenvalue weighted by atomic mass is 9.83. The van der Waals surface area contributed by atoms with E-state index < -0.39 is 5.82 Å². The molecule has 0 unspecified atom stereocenters. The number of halogens is 1. The van der Waals surface area contributed by atoms with E-state index in [1.54, 1.807) is 31.5 Å². The molecule has 5 rings (SSSR count). The number of fused-ring (bicyclic) bond motifs is 2. The van der Waals surface area contributed by atoms with Crippen LogP contribution in [-0.4, -0.2) is 29.2 Å². The van der Waals surface area contributed by atoms with Crippen LogP contribution in [0.5, 0.6) is 23.0 Å². The Hall–Kier alpha value is -3.32. The van der Waals surface area contributed by atoms with Crippen molar-refractivity contribution in [3.05, 3.63) is 54.1 Å². The van der Waals surface area contributed by atoms with Crippen LogP contribution < -0.4 is 19.9 Å². The molecule has 0 spiro atoms. The van der Waals surface area contributed by atoms with Crippen LogP contribution in [0.25, 0.3) is 21.8 Å². The average molecular weight is 450 g/mol. The van der Waals surface area contributed by atoms with Gasteiger partial charge in [-0.25, -0.2) is 4.39 Å². The summed E-state index contributed by atoms with van der Waals surface area (Å²) in [5.41, 5.74) is 8.51. The maximum absolute atomic E-state index is 15.1. The van der Waals surface area contributed by atoms with Gasteiger partial charge in [0.15, 0.2) is 23.1 Å². The van der Waals surface area contributed by atoms with Gasteiger partial charge in [-0.05, 0) is 50.1 Å². The number of nitrogens with one attached hydrogen (secondary N) is 1. The van der Waals surface area contributed by atoms with Gasteiger partial charge in [-0.1, -0.05) is 19.3 Å². The number of rotatable bonds is 6. The van der Waals surface area contributed by atoms with Gasteiger partial charge in [0, 0.05) is 34.2 Å². The van der Waals surface area contributed by atoms with E-state index in [9.17, 15) is 0 Å². The molecule has 0 atom stereocenters. The number of pyridine rings is 1. The molecule has 2 aromatic carbocycles. The van der Waals surface area contributed by atoms with E-state index >= 15 is 4.39 Å². The van der Waals surface area contributed by atoms with Crippen molar-refractivity contribution < 1.29 is 18.6 Å². The molecule has 172 valence electrons. The minimum absolute atomic E-state index is 0.149. The highest BCUT2D eigenvalue weighted by molar-refractivity contribution is 5.89. The summed E-state index contributed by atoms with van der Waals surface area (Å²) < 4.78 is 32.8. The minimum Gasteiger partial charge on any atom is -0.493 e. The van der Waals surface area contributed by atoms with E-state index in [1.165, 1.54) is 6.42 Å². The van der Waals surface area contributed by atoms with Crippen molar-refractivity contribution in [2.24, 2.45) is 5.73 Å². The number of benzene rings is 2. The monoisotopic (exact) mass is 449 g/mol. The Bertz CT molecular complexity index is 1310. The van der Waals surface area contributed by atoms with Crippen LogP contribution in [0, 0.1) is 12.7 Å². The molecule has 33 heavy (non-hydrogen) atoms. The number of nitrogens with two attached hydrogens (primary N) is 1. The number of methoxy groups -OCH3 is 1. The van der Waals surface area contributed by atoms with Gasteiger partial charge in [0.2, 0.25) is 0 Å². The standard InChI is InChI=1S/C26H28FN3O3/c1-16-12-18-19(30-16)6-7-22(25(18)27)33-21-8-11-29-20-14-24(23(31-2)13-17(20)21)32-15-26(28)9-4-3-5-10-26/h6-8,11-14,30H,3-5,9-10,15,28H2,1-2H3. The quantitative estimate of drug-likeness (QED) is 0.377. The van der Waals surface area contributed by atoms with Gasteiger partial charge in [0.25, 0.3) is 0 Å². The molecule has 1 fully saturated rings. The molecule has 4 aromatic rings. The Morgan fingerprint density at radius 2 is 1.82 bits per heavy atom. The summed E-state index contributed by atoms with van der Waals surface area (Å²) in [5, 5.41) is 1.20. The van der Waals surface area contributed by atoms with Crippen LogP contribution in [0.2, 0.25) is 0 Å². The molecule has 0 saturated heterocycles. The molecule has 0 amide bonds. The maximum Gasteiger partial charge on any atom is 0.175 e. The first-order valence-corrected chi connectivity index (χ1v) is 11.3. The SMILES string of the molecule is COc1cc2c(Oc3ccc4[nH]c(C)cc4c3F)ccnc2cc1OCC1(N)CCCCC1. The first-order chi connectivity index (χ1) is 16.0. The van der Waals surface area contributed by atoms with Crippen molar-refractivity contribution >= 4 is 21.8 Å². The molecule has 0 bridgehead atoms. The highest BCUT2D eigenvalue weighted by atomic mass is 19.1. The summed E-state index contributed by atoms with van der Waals surface area (Å²) in [6, 6.07) is 10.6. The number of H-pyrrole nitrogens is 1. The third-order valence-corrected chi connectivity index (χ3v) is 6.41. The Morgan fingerprint density at radius 3 is 2.61 bits per heavy atom. The largest absolute Gasteiger partial charge is 0.493 e. The maximum atomic E-state index is 15.1. The third kappa shape index (κ3) is 4.20. The van der Waals surface area contributed by atoms with Gasteiger partial charge in [0.1, 0.15) is 12.4 Å². The predicted molar refractivity (Wildman–Crippen MR) is 127 cm³/mol. The Balaban J connectivity index is 1.46. The first-order valence-electron chi connectivity index (χ1n) is 11.3. The molecule has 3 N–H and O–H groups in total. The fourth-order valence-electron chi connectivity index (χ4n) is 4.60. The van der Waals surface area contributed by atoms with Crippen molar-refractivity contribution in [1.29, 1.82) is 0 Å². The zero-order valence-electron chi connectivity index (χ0n) is 18.9. The lowest BCUT2D eigenvalue weighted by Crippen LogP contribution is -2.47. The van der Waals surface area contributed by atoms with Crippen LogP contribution in [0.15, 0.2) is 42.6 Å². The Kier molecular flexibility index (Phi) is 5.58. The molecule has 1 saturated carbocycles. The lowest BCUT2D eigenvalue weighted by molar-refractivity contribution is 0.169. The molecule has 1 aliphatic carbocycles.